The van der Waals surface area contributed by atoms with Crippen LogP contribution in [-0.4, -0.2) is 44.3 Å². The Bertz CT molecular complexity index is 1300. The zero-order valence-corrected chi connectivity index (χ0v) is 19.0. The molecule has 10 heteroatoms. The van der Waals surface area contributed by atoms with Gasteiger partial charge in [0.05, 0.1) is 33.9 Å². The van der Waals surface area contributed by atoms with Crippen LogP contribution in [0.3, 0.4) is 0 Å². The number of carbonyl (C=O) groups is 2. The zero-order valence-electron chi connectivity index (χ0n) is 17.3. The van der Waals surface area contributed by atoms with Gasteiger partial charge in [-0.05, 0) is 44.2 Å². The normalized spacial score (nSPS) is 12.2. The van der Waals surface area contributed by atoms with Gasteiger partial charge in [-0.25, -0.2) is 8.42 Å². The summed E-state index contributed by atoms with van der Waals surface area (Å²) in [5.41, 5.74) is 0.657. The Morgan fingerprint density at radius 1 is 1.10 bits per heavy atom. The number of sulfone groups is 1. The summed E-state index contributed by atoms with van der Waals surface area (Å²) in [6.45, 7) is 4.17. The lowest BCUT2D eigenvalue weighted by Gasteiger charge is -2.07. The third kappa shape index (κ3) is 5.20. The van der Waals surface area contributed by atoms with Crippen LogP contribution in [0.15, 0.2) is 52.4 Å². The van der Waals surface area contributed by atoms with E-state index in [4.69, 9.17) is 9.47 Å². The highest BCUT2D eigenvalue weighted by Gasteiger charge is 2.19. The van der Waals surface area contributed by atoms with E-state index in [-0.39, 0.29) is 28.4 Å². The second-order valence-corrected chi connectivity index (χ2v) is 9.52. The summed E-state index contributed by atoms with van der Waals surface area (Å²) >= 11 is 1.20. The predicted molar refractivity (Wildman–Crippen MR) is 117 cm³/mol. The van der Waals surface area contributed by atoms with Gasteiger partial charge >= 0.3 is 5.97 Å². The molecule has 1 amide bonds. The van der Waals surface area contributed by atoms with Crippen LogP contribution in [0.5, 0.6) is 5.75 Å². The van der Waals surface area contributed by atoms with E-state index in [0.717, 1.165) is 11.0 Å². The quantitative estimate of drug-likeness (QED) is 0.500. The average Bonchev–Trinajstić information content (AvgIpc) is 3.04. The average molecular weight is 463 g/mol. The van der Waals surface area contributed by atoms with E-state index in [1.165, 1.54) is 23.5 Å². The van der Waals surface area contributed by atoms with Crippen molar-refractivity contribution >= 4 is 43.3 Å². The van der Waals surface area contributed by atoms with Crippen LogP contribution in [-0.2, 0) is 25.9 Å². The highest BCUT2D eigenvalue weighted by Crippen LogP contribution is 2.24. The molecule has 0 aliphatic rings. The second-order valence-electron chi connectivity index (χ2n) is 6.52. The topological polar surface area (TPSA) is 104 Å². The van der Waals surface area contributed by atoms with Crippen LogP contribution >= 0.6 is 11.3 Å². The first-order valence-corrected chi connectivity index (χ1v) is 12.2. The summed E-state index contributed by atoms with van der Waals surface area (Å²) in [7, 11) is -3.62. The molecule has 3 rings (SSSR count). The number of ether oxygens (including phenoxy) is 2. The molecule has 31 heavy (non-hydrogen) atoms. The molecule has 0 unspecified atom stereocenters. The van der Waals surface area contributed by atoms with Crippen LogP contribution in [0, 0.1) is 0 Å². The van der Waals surface area contributed by atoms with Gasteiger partial charge in [0.2, 0.25) is 0 Å². The lowest BCUT2D eigenvalue weighted by molar-refractivity contribution is -0.143. The molecule has 0 fully saturated rings. The molecule has 0 aliphatic heterocycles. The summed E-state index contributed by atoms with van der Waals surface area (Å²) < 4.78 is 37.0. The van der Waals surface area contributed by atoms with Crippen molar-refractivity contribution in [2.45, 2.75) is 25.3 Å². The van der Waals surface area contributed by atoms with Crippen LogP contribution in [0.4, 0.5) is 0 Å². The SMILES string of the molecule is CCOC(=O)Cn1c(=NC(=O)c2ccccc2S(C)(=O)=O)sc2cc(OCC)ccc21. The summed E-state index contributed by atoms with van der Waals surface area (Å²) in [6, 6.07) is 11.3. The van der Waals surface area contributed by atoms with Crippen molar-refractivity contribution in [3.8, 4) is 5.75 Å². The number of carbonyl (C=O) groups excluding carboxylic acids is 2. The number of aromatic nitrogens is 1. The number of amides is 1. The summed E-state index contributed by atoms with van der Waals surface area (Å²) in [6.07, 6.45) is 1.04. The molecular weight excluding hydrogens is 440 g/mol. The smallest absolute Gasteiger partial charge is 0.326 e. The van der Waals surface area contributed by atoms with Gasteiger partial charge in [0.25, 0.3) is 5.91 Å². The predicted octanol–water partition coefficient (Wildman–Crippen LogP) is 2.81. The van der Waals surface area contributed by atoms with Crippen molar-refractivity contribution in [3.05, 3.63) is 52.8 Å². The number of fused-ring (bicyclic) bond motifs is 1. The Balaban J connectivity index is 2.17. The van der Waals surface area contributed by atoms with Crippen molar-refractivity contribution < 1.29 is 27.5 Å². The summed E-state index contributed by atoms with van der Waals surface area (Å²) in [5.74, 6) is -0.531. The highest BCUT2D eigenvalue weighted by molar-refractivity contribution is 7.90. The Kier molecular flexibility index (Phi) is 6.91. The van der Waals surface area contributed by atoms with Crippen molar-refractivity contribution in [2.24, 2.45) is 4.99 Å². The molecule has 0 atom stereocenters. The fourth-order valence-electron chi connectivity index (χ4n) is 3.00. The van der Waals surface area contributed by atoms with Crippen LogP contribution < -0.4 is 9.54 Å². The minimum atomic E-state index is -3.62. The lowest BCUT2D eigenvalue weighted by atomic mass is 10.2. The van der Waals surface area contributed by atoms with Gasteiger partial charge in [0, 0.05) is 6.26 Å². The molecule has 0 bridgehead atoms. The van der Waals surface area contributed by atoms with E-state index in [2.05, 4.69) is 4.99 Å². The molecular formula is C21H22N2O6S2. The third-order valence-corrected chi connectivity index (χ3v) is 6.47. The van der Waals surface area contributed by atoms with Crippen LogP contribution in [0.25, 0.3) is 10.2 Å². The first-order valence-electron chi connectivity index (χ1n) is 9.54. The molecule has 0 saturated heterocycles. The first kappa shape index (κ1) is 22.7. The van der Waals surface area contributed by atoms with Gasteiger partial charge in [-0.3, -0.25) is 9.59 Å². The molecule has 0 radical (unpaired) electrons. The maximum absolute atomic E-state index is 12.9. The largest absolute Gasteiger partial charge is 0.494 e. The maximum atomic E-state index is 12.9. The molecule has 164 valence electrons. The molecule has 0 saturated carbocycles. The van der Waals surface area contributed by atoms with Crippen LogP contribution in [0.2, 0.25) is 0 Å². The van der Waals surface area contributed by atoms with Crippen LogP contribution in [0.1, 0.15) is 24.2 Å². The molecule has 2 aromatic carbocycles. The van der Waals surface area contributed by atoms with Gasteiger partial charge in [-0.15, -0.1) is 0 Å². The zero-order chi connectivity index (χ0) is 22.6. The van der Waals surface area contributed by atoms with Gasteiger partial charge in [0.1, 0.15) is 12.3 Å². The first-order chi connectivity index (χ1) is 14.7. The lowest BCUT2D eigenvalue weighted by Crippen LogP contribution is -2.23. The summed E-state index contributed by atoms with van der Waals surface area (Å²) in [5, 5.41) is 0. The van der Waals surface area contributed by atoms with E-state index in [1.54, 1.807) is 41.8 Å². The van der Waals surface area contributed by atoms with E-state index in [9.17, 15) is 18.0 Å². The molecule has 8 nitrogen and oxygen atoms in total. The Morgan fingerprint density at radius 3 is 2.52 bits per heavy atom. The standard InChI is InChI=1S/C21H22N2O6S2/c1-4-28-14-10-11-16-17(12-14)30-21(23(16)13-19(24)29-5-2)22-20(25)15-8-6-7-9-18(15)31(3,26)27/h6-12H,4-5,13H2,1-3H3. The molecule has 0 aliphatic carbocycles. The van der Waals surface area contributed by atoms with E-state index < -0.39 is 21.7 Å². The fourth-order valence-corrected chi connectivity index (χ4v) is 4.93. The number of thiazole rings is 1. The molecule has 0 spiro atoms. The van der Waals surface area contributed by atoms with Gasteiger partial charge in [-0.1, -0.05) is 23.5 Å². The van der Waals surface area contributed by atoms with Crippen molar-refractivity contribution in [1.29, 1.82) is 0 Å². The fraction of sp³-hybridized carbons (Fsp3) is 0.286. The minimum Gasteiger partial charge on any atom is -0.494 e. The van der Waals surface area contributed by atoms with E-state index in [0.29, 0.717) is 17.9 Å². The number of hydrogen-bond acceptors (Lipinski definition) is 7. The van der Waals surface area contributed by atoms with E-state index in [1.807, 2.05) is 6.92 Å². The van der Waals surface area contributed by atoms with Crippen molar-refractivity contribution in [1.82, 2.24) is 4.57 Å². The summed E-state index contributed by atoms with van der Waals surface area (Å²) in [4.78, 5) is 29.4. The van der Waals surface area contributed by atoms with Crippen molar-refractivity contribution in [2.75, 3.05) is 19.5 Å². The Hall–Kier alpha value is -2.98. The number of nitrogens with zero attached hydrogens (tertiary/aromatic N) is 2. The number of esters is 1. The number of hydrogen-bond donors (Lipinski definition) is 0. The Morgan fingerprint density at radius 2 is 1.84 bits per heavy atom. The number of benzene rings is 2. The second kappa shape index (κ2) is 9.44. The van der Waals surface area contributed by atoms with E-state index >= 15 is 0 Å². The van der Waals surface area contributed by atoms with Gasteiger partial charge < -0.3 is 14.0 Å². The van der Waals surface area contributed by atoms with Gasteiger partial charge in [-0.2, -0.15) is 4.99 Å². The third-order valence-electron chi connectivity index (χ3n) is 4.27. The van der Waals surface area contributed by atoms with Crippen molar-refractivity contribution in [3.63, 3.8) is 0 Å². The minimum absolute atomic E-state index is 0.0276. The molecule has 0 N–H and O–H groups in total. The Labute approximate surface area is 183 Å². The number of rotatable bonds is 7. The molecule has 3 aromatic rings. The highest BCUT2D eigenvalue weighted by atomic mass is 32.2. The monoisotopic (exact) mass is 462 g/mol. The van der Waals surface area contributed by atoms with Gasteiger partial charge in [0.15, 0.2) is 14.6 Å². The maximum Gasteiger partial charge on any atom is 0.326 e. The molecule has 1 aromatic heterocycles. The molecule has 1 heterocycles.